The van der Waals surface area contributed by atoms with Crippen LogP contribution in [0.5, 0.6) is 0 Å². The second-order valence-electron chi connectivity index (χ2n) is 6.53. The largest absolute Gasteiger partial charge is 0.393 e. The van der Waals surface area contributed by atoms with E-state index >= 15 is 0 Å². The van der Waals surface area contributed by atoms with Gasteiger partial charge in [0.15, 0.2) is 5.69 Å². The van der Waals surface area contributed by atoms with Gasteiger partial charge in [0.25, 0.3) is 11.5 Å². The van der Waals surface area contributed by atoms with Gasteiger partial charge < -0.3 is 5.32 Å². The summed E-state index contributed by atoms with van der Waals surface area (Å²) in [5.74, 6) is -2.23. The van der Waals surface area contributed by atoms with E-state index in [9.17, 15) is 22.8 Å². The lowest BCUT2D eigenvalue weighted by atomic mass is 9.84. The quantitative estimate of drug-likeness (QED) is 0.906. The Hall–Kier alpha value is -2.38. The molecule has 2 atom stereocenters. The van der Waals surface area contributed by atoms with Gasteiger partial charge in [-0.05, 0) is 25.8 Å². The molecule has 1 aliphatic carbocycles. The van der Waals surface area contributed by atoms with Gasteiger partial charge in [0, 0.05) is 18.0 Å². The number of aromatic nitrogens is 2. The minimum absolute atomic E-state index is 0.0110. The molecule has 1 aromatic carbocycles. The molecule has 1 saturated carbocycles. The molecule has 1 heterocycles. The summed E-state index contributed by atoms with van der Waals surface area (Å²) in [5, 5.41) is 7.27. The van der Waals surface area contributed by atoms with Gasteiger partial charge in [0.2, 0.25) is 0 Å². The summed E-state index contributed by atoms with van der Waals surface area (Å²) >= 11 is 0. The van der Waals surface area contributed by atoms with Crippen LogP contribution in [-0.4, -0.2) is 27.9 Å². The molecule has 2 aromatic rings. The molecule has 3 rings (SSSR count). The second kappa shape index (κ2) is 7.09. The Morgan fingerprint density at radius 1 is 1.23 bits per heavy atom. The summed E-state index contributed by atoms with van der Waals surface area (Å²) in [4.78, 5) is 25.1. The normalized spacial score (nSPS) is 20.9. The van der Waals surface area contributed by atoms with E-state index in [1.54, 1.807) is 31.2 Å². The number of carbonyl (C=O) groups is 1. The van der Waals surface area contributed by atoms with Crippen molar-refractivity contribution in [1.29, 1.82) is 0 Å². The number of alkyl halides is 3. The molecule has 0 aliphatic heterocycles. The Morgan fingerprint density at radius 2 is 1.88 bits per heavy atom. The van der Waals surface area contributed by atoms with Gasteiger partial charge >= 0.3 is 6.18 Å². The first-order chi connectivity index (χ1) is 12.3. The van der Waals surface area contributed by atoms with Crippen molar-refractivity contribution >= 4 is 16.7 Å². The number of halogens is 3. The number of amides is 1. The van der Waals surface area contributed by atoms with E-state index in [0.717, 1.165) is 4.68 Å². The molecular formula is C18H20F3N3O2. The minimum atomic E-state index is -4.35. The first kappa shape index (κ1) is 18.4. The highest BCUT2D eigenvalue weighted by Crippen LogP contribution is 2.37. The van der Waals surface area contributed by atoms with Crippen molar-refractivity contribution in [3.8, 4) is 0 Å². The van der Waals surface area contributed by atoms with Gasteiger partial charge in [-0.3, -0.25) is 9.59 Å². The fourth-order valence-corrected chi connectivity index (χ4v) is 3.55. The van der Waals surface area contributed by atoms with Crippen molar-refractivity contribution in [2.75, 3.05) is 0 Å². The molecule has 2 unspecified atom stereocenters. The lowest BCUT2D eigenvalue weighted by molar-refractivity contribution is -0.187. The Morgan fingerprint density at radius 3 is 2.54 bits per heavy atom. The van der Waals surface area contributed by atoms with Gasteiger partial charge in [-0.15, -0.1) is 0 Å². The van der Waals surface area contributed by atoms with Crippen LogP contribution in [0.4, 0.5) is 13.2 Å². The van der Waals surface area contributed by atoms with Crippen LogP contribution in [0, 0.1) is 5.92 Å². The molecule has 1 fully saturated rings. The Bertz CT molecular complexity index is 876. The van der Waals surface area contributed by atoms with Crippen LogP contribution in [0.3, 0.4) is 0 Å². The number of hydrogen-bond acceptors (Lipinski definition) is 3. The standard InChI is InChI=1S/C18H20F3N3O2/c1-2-24-17(26)12-8-4-3-7-11(12)15(23-24)16(25)22-14-10-6-5-9-13(14)18(19,20)21/h3-4,7-8,13-14H,2,5-6,9-10H2,1H3,(H,22,25). The number of rotatable bonds is 3. The van der Waals surface area contributed by atoms with E-state index < -0.39 is 24.0 Å². The molecule has 1 amide bonds. The molecular weight excluding hydrogens is 347 g/mol. The first-order valence-corrected chi connectivity index (χ1v) is 8.70. The molecule has 8 heteroatoms. The van der Waals surface area contributed by atoms with E-state index in [-0.39, 0.29) is 30.6 Å². The summed E-state index contributed by atoms with van der Waals surface area (Å²) in [5.41, 5.74) is -0.348. The Labute approximate surface area is 148 Å². The zero-order valence-electron chi connectivity index (χ0n) is 14.3. The predicted octanol–water partition coefficient (Wildman–Crippen LogP) is 3.27. The van der Waals surface area contributed by atoms with Gasteiger partial charge in [0.1, 0.15) is 0 Å². The number of aryl methyl sites for hydroxylation is 1. The van der Waals surface area contributed by atoms with Crippen LogP contribution >= 0.6 is 0 Å². The van der Waals surface area contributed by atoms with Crippen LogP contribution in [0.15, 0.2) is 29.1 Å². The van der Waals surface area contributed by atoms with E-state index in [2.05, 4.69) is 10.4 Å². The molecule has 0 bridgehead atoms. The summed E-state index contributed by atoms with van der Waals surface area (Å²) in [7, 11) is 0. The number of carbonyl (C=O) groups excluding carboxylic acids is 1. The van der Waals surface area contributed by atoms with Crippen molar-refractivity contribution in [2.24, 2.45) is 5.92 Å². The van der Waals surface area contributed by atoms with Crippen molar-refractivity contribution in [2.45, 2.75) is 51.4 Å². The highest BCUT2D eigenvalue weighted by molar-refractivity contribution is 6.04. The summed E-state index contributed by atoms with van der Waals surface area (Å²) in [6, 6.07) is 5.53. The zero-order chi connectivity index (χ0) is 18.9. The number of hydrogen-bond donors (Lipinski definition) is 1. The third-order valence-electron chi connectivity index (χ3n) is 4.89. The Kier molecular flexibility index (Phi) is 5.02. The molecule has 1 aliphatic rings. The summed E-state index contributed by atoms with van der Waals surface area (Å²) < 4.78 is 40.9. The van der Waals surface area contributed by atoms with Gasteiger partial charge in [-0.25, -0.2) is 4.68 Å². The van der Waals surface area contributed by atoms with E-state index in [1.165, 1.54) is 0 Å². The third-order valence-corrected chi connectivity index (χ3v) is 4.89. The fraction of sp³-hybridized carbons (Fsp3) is 0.500. The molecule has 0 saturated heterocycles. The van der Waals surface area contributed by atoms with E-state index in [4.69, 9.17) is 0 Å². The Balaban J connectivity index is 1.97. The van der Waals surface area contributed by atoms with Crippen LogP contribution in [-0.2, 0) is 6.54 Å². The topological polar surface area (TPSA) is 64.0 Å². The average Bonchev–Trinajstić information content (AvgIpc) is 2.62. The second-order valence-corrected chi connectivity index (χ2v) is 6.53. The number of nitrogens with one attached hydrogen (secondary N) is 1. The number of fused-ring (bicyclic) bond motifs is 1. The van der Waals surface area contributed by atoms with Crippen molar-refractivity contribution < 1.29 is 18.0 Å². The smallest absolute Gasteiger partial charge is 0.347 e. The molecule has 0 spiro atoms. The number of benzene rings is 1. The van der Waals surface area contributed by atoms with E-state index in [1.807, 2.05) is 0 Å². The van der Waals surface area contributed by atoms with Gasteiger partial charge in [-0.2, -0.15) is 18.3 Å². The predicted molar refractivity (Wildman–Crippen MR) is 90.9 cm³/mol. The maximum absolute atomic E-state index is 13.3. The van der Waals surface area contributed by atoms with Gasteiger partial charge in [0.05, 0.1) is 11.3 Å². The molecule has 26 heavy (non-hydrogen) atoms. The van der Waals surface area contributed by atoms with Crippen molar-refractivity contribution in [3.63, 3.8) is 0 Å². The SMILES string of the molecule is CCn1nc(C(=O)NC2CCCCC2C(F)(F)F)c2ccccc2c1=O. The highest BCUT2D eigenvalue weighted by Gasteiger charge is 2.46. The van der Waals surface area contributed by atoms with Crippen molar-refractivity contribution in [3.05, 3.63) is 40.3 Å². The lowest BCUT2D eigenvalue weighted by Crippen LogP contribution is -2.48. The van der Waals surface area contributed by atoms with Crippen LogP contribution in [0.25, 0.3) is 10.8 Å². The van der Waals surface area contributed by atoms with Crippen LogP contribution in [0.2, 0.25) is 0 Å². The maximum atomic E-state index is 13.3. The monoisotopic (exact) mass is 367 g/mol. The lowest BCUT2D eigenvalue weighted by Gasteiger charge is -2.33. The first-order valence-electron chi connectivity index (χ1n) is 8.70. The third kappa shape index (κ3) is 3.45. The number of nitrogens with zero attached hydrogens (tertiary/aromatic N) is 2. The van der Waals surface area contributed by atoms with Crippen molar-refractivity contribution in [1.82, 2.24) is 15.1 Å². The molecule has 140 valence electrons. The van der Waals surface area contributed by atoms with Crippen LogP contribution < -0.4 is 10.9 Å². The van der Waals surface area contributed by atoms with Gasteiger partial charge in [-0.1, -0.05) is 31.0 Å². The highest BCUT2D eigenvalue weighted by atomic mass is 19.4. The molecule has 5 nitrogen and oxygen atoms in total. The molecule has 0 radical (unpaired) electrons. The minimum Gasteiger partial charge on any atom is -0.347 e. The van der Waals surface area contributed by atoms with Crippen LogP contribution in [0.1, 0.15) is 43.1 Å². The molecule has 1 N–H and O–H groups in total. The summed E-state index contributed by atoms with van der Waals surface area (Å²) in [6.45, 7) is 1.98. The maximum Gasteiger partial charge on any atom is 0.393 e. The zero-order valence-corrected chi connectivity index (χ0v) is 14.3. The van der Waals surface area contributed by atoms with E-state index in [0.29, 0.717) is 23.6 Å². The fourth-order valence-electron chi connectivity index (χ4n) is 3.55. The summed E-state index contributed by atoms with van der Waals surface area (Å²) in [6.07, 6.45) is -2.92. The average molecular weight is 367 g/mol. The molecule has 1 aromatic heterocycles.